The van der Waals surface area contributed by atoms with Crippen LogP contribution < -0.4 is 0 Å². The van der Waals surface area contributed by atoms with Crippen LogP contribution in [0.25, 0.3) is 0 Å². The average molecular weight is 284 g/mol. The van der Waals surface area contributed by atoms with E-state index >= 15 is 0 Å². The lowest BCUT2D eigenvalue weighted by Gasteiger charge is -2.34. The molecule has 0 spiro atoms. The van der Waals surface area contributed by atoms with Crippen LogP contribution in [-0.4, -0.2) is 29.2 Å². The first-order valence-corrected chi connectivity index (χ1v) is 6.60. The molecule has 0 aromatic heterocycles. The largest absolute Gasteiger partial charge is 0.392 e. The van der Waals surface area contributed by atoms with Gasteiger partial charge >= 0.3 is 0 Å². The first-order chi connectivity index (χ1) is 7.66. The normalized spacial score (nSPS) is 26.9. The third kappa shape index (κ3) is 2.84. The van der Waals surface area contributed by atoms with Gasteiger partial charge in [0.2, 0.25) is 0 Å². The van der Waals surface area contributed by atoms with Crippen LogP contribution in [0.4, 0.5) is 0 Å². The van der Waals surface area contributed by atoms with E-state index in [1.165, 1.54) is 5.56 Å². The maximum Gasteiger partial charge on any atom is 0.0693 e. The quantitative estimate of drug-likeness (QED) is 0.902. The molecule has 0 bridgehead atoms. The molecular weight excluding hydrogens is 266 g/mol. The van der Waals surface area contributed by atoms with E-state index in [0.29, 0.717) is 5.92 Å². The highest BCUT2D eigenvalue weighted by Gasteiger charge is 2.24. The van der Waals surface area contributed by atoms with Crippen molar-refractivity contribution in [3.05, 3.63) is 34.3 Å². The summed E-state index contributed by atoms with van der Waals surface area (Å²) in [6, 6.07) is 8.29. The smallest absolute Gasteiger partial charge is 0.0693 e. The molecule has 1 fully saturated rings. The molecule has 1 N–H and O–H groups in total. The van der Waals surface area contributed by atoms with Crippen molar-refractivity contribution in [1.82, 2.24) is 4.90 Å². The van der Waals surface area contributed by atoms with Crippen LogP contribution in [0.2, 0.25) is 0 Å². The van der Waals surface area contributed by atoms with E-state index in [1.807, 2.05) is 6.07 Å². The van der Waals surface area contributed by atoms with Gasteiger partial charge in [0.25, 0.3) is 0 Å². The van der Waals surface area contributed by atoms with Gasteiger partial charge in [0.05, 0.1) is 6.10 Å². The number of aliphatic hydroxyl groups excluding tert-OH is 1. The third-order valence-electron chi connectivity index (χ3n) is 3.35. The molecule has 2 atom stereocenters. The number of aliphatic hydroxyl groups is 1. The van der Waals surface area contributed by atoms with E-state index in [1.54, 1.807) is 0 Å². The number of hydrogen-bond acceptors (Lipinski definition) is 2. The molecule has 16 heavy (non-hydrogen) atoms. The highest BCUT2D eigenvalue weighted by molar-refractivity contribution is 9.10. The highest BCUT2D eigenvalue weighted by atomic mass is 79.9. The predicted octanol–water partition coefficient (Wildman–Crippen LogP) is 2.65. The lowest BCUT2D eigenvalue weighted by Crippen LogP contribution is -2.42. The molecule has 2 nitrogen and oxygen atoms in total. The fraction of sp³-hybridized carbons (Fsp3) is 0.538. The van der Waals surface area contributed by atoms with Crippen LogP contribution in [0, 0.1) is 5.92 Å². The minimum absolute atomic E-state index is 0.170. The number of benzene rings is 1. The number of β-amino-alcohol motifs (C(OH)–C–C–N with tert-alkyl or cyclic N) is 1. The van der Waals surface area contributed by atoms with Crippen LogP contribution in [0.3, 0.4) is 0 Å². The Labute approximate surface area is 105 Å². The Morgan fingerprint density at radius 3 is 2.88 bits per heavy atom. The molecule has 2 unspecified atom stereocenters. The topological polar surface area (TPSA) is 23.5 Å². The maximum absolute atomic E-state index is 9.84. The standard InChI is InChI=1S/C13H18BrNO/c1-10-6-7-15(9-13(10)16)8-11-4-2-3-5-12(11)14/h2-5,10,13,16H,6-9H2,1H3. The zero-order valence-corrected chi connectivity index (χ0v) is 11.2. The van der Waals surface area contributed by atoms with Crippen molar-refractivity contribution in [2.45, 2.75) is 26.0 Å². The van der Waals surface area contributed by atoms with Crippen molar-refractivity contribution in [3.63, 3.8) is 0 Å². The highest BCUT2D eigenvalue weighted by Crippen LogP contribution is 2.22. The van der Waals surface area contributed by atoms with Crippen LogP contribution in [0.15, 0.2) is 28.7 Å². The molecule has 1 aromatic rings. The minimum Gasteiger partial charge on any atom is -0.392 e. The fourth-order valence-electron chi connectivity index (χ4n) is 2.13. The van der Waals surface area contributed by atoms with Crippen molar-refractivity contribution in [3.8, 4) is 0 Å². The Kier molecular flexibility index (Phi) is 4.00. The van der Waals surface area contributed by atoms with E-state index in [-0.39, 0.29) is 6.10 Å². The van der Waals surface area contributed by atoms with Gasteiger partial charge in [-0.3, -0.25) is 4.90 Å². The summed E-state index contributed by atoms with van der Waals surface area (Å²) in [5.41, 5.74) is 1.30. The van der Waals surface area contributed by atoms with Crippen molar-refractivity contribution in [1.29, 1.82) is 0 Å². The maximum atomic E-state index is 9.84. The van der Waals surface area contributed by atoms with Crippen LogP contribution in [0.5, 0.6) is 0 Å². The molecule has 2 rings (SSSR count). The van der Waals surface area contributed by atoms with Gasteiger partial charge in [0, 0.05) is 17.6 Å². The molecule has 88 valence electrons. The number of halogens is 1. The molecule has 1 aliphatic heterocycles. The van der Waals surface area contributed by atoms with Crippen molar-refractivity contribution >= 4 is 15.9 Å². The van der Waals surface area contributed by atoms with Gasteiger partial charge < -0.3 is 5.11 Å². The summed E-state index contributed by atoms with van der Waals surface area (Å²) >= 11 is 3.56. The van der Waals surface area contributed by atoms with E-state index < -0.39 is 0 Å². The number of likely N-dealkylation sites (tertiary alicyclic amines) is 1. The summed E-state index contributed by atoms with van der Waals surface area (Å²) in [6.45, 7) is 4.92. The van der Waals surface area contributed by atoms with Gasteiger partial charge in [-0.05, 0) is 30.5 Å². The number of nitrogens with zero attached hydrogens (tertiary/aromatic N) is 1. The Balaban J connectivity index is 1.98. The Bertz CT molecular complexity index is 356. The SMILES string of the molecule is CC1CCN(Cc2ccccc2Br)CC1O. The monoisotopic (exact) mass is 283 g/mol. The Hall–Kier alpha value is -0.380. The second-order valence-electron chi connectivity index (χ2n) is 4.66. The van der Waals surface area contributed by atoms with Crippen molar-refractivity contribution in [2.75, 3.05) is 13.1 Å². The lowest BCUT2D eigenvalue weighted by atomic mass is 9.96. The Morgan fingerprint density at radius 2 is 2.19 bits per heavy atom. The van der Waals surface area contributed by atoms with Gasteiger partial charge in [0.1, 0.15) is 0 Å². The first-order valence-electron chi connectivity index (χ1n) is 5.80. The minimum atomic E-state index is -0.170. The molecule has 0 amide bonds. The van der Waals surface area contributed by atoms with E-state index in [9.17, 15) is 5.11 Å². The van der Waals surface area contributed by atoms with Gasteiger partial charge in [0.15, 0.2) is 0 Å². The molecule has 1 aliphatic rings. The van der Waals surface area contributed by atoms with E-state index in [0.717, 1.165) is 30.5 Å². The predicted molar refractivity (Wildman–Crippen MR) is 69.2 cm³/mol. The van der Waals surface area contributed by atoms with E-state index in [2.05, 4.69) is 46.0 Å². The number of piperidine rings is 1. The molecule has 3 heteroatoms. The van der Waals surface area contributed by atoms with Crippen LogP contribution in [0.1, 0.15) is 18.9 Å². The molecular formula is C13H18BrNO. The summed E-state index contributed by atoms with van der Waals surface area (Å²) in [5, 5.41) is 9.84. The van der Waals surface area contributed by atoms with Crippen LogP contribution >= 0.6 is 15.9 Å². The first kappa shape index (κ1) is 12.1. The Morgan fingerprint density at radius 1 is 1.44 bits per heavy atom. The zero-order chi connectivity index (χ0) is 11.5. The third-order valence-corrected chi connectivity index (χ3v) is 4.13. The molecule has 0 radical (unpaired) electrons. The molecule has 1 saturated heterocycles. The summed E-state index contributed by atoms with van der Waals surface area (Å²) < 4.78 is 1.16. The van der Waals surface area contributed by atoms with Gasteiger partial charge in [-0.1, -0.05) is 41.1 Å². The summed E-state index contributed by atoms with van der Waals surface area (Å²) in [6.07, 6.45) is 0.919. The molecule has 1 aromatic carbocycles. The van der Waals surface area contributed by atoms with Crippen molar-refractivity contribution < 1.29 is 5.11 Å². The second-order valence-corrected chi connectivity index (χ2v) is 5.51. The fourth-order valence-corrected chi connectivity index (χ4v) is 2.54. The van der Waals surface area contributed by atoms with Gasteiger partial charge in [-0.2, -0.15) is 0 Å². The average Bonchev–Trinajstić information content (AvgIpc) is 2.27. The van der Waals surface area contributed by atoms with Gasteiger partial charge in [-0.25, -0.2) is 0 Å². The molecule has 0 saturated carbocycles. The number of hydrogen-bond donors (Lipinski definition) is 1. The van der Waals surface area contributed by atoms with Crippen molar-refractivity contribution in [2.24, 2.45) is 5.92 Å². The summed E-state index contributed by atoms with van der Waals surface area (Å²) in [5.74, 6) is 0.440. The van der Waals surface area contributed by atoms with E-state index in [4.69, 9.17) is 0 Å². The summed E-state index contributed by atoms with van der Waals surface area (Å²) in [7, 11) is 0. The molecule has 0 aliphatic carbocycles. The molecule has 1 heterocycles. The van der Waals surface area contributed by atoms with Crippen LogP contribution in [-0.2, 0) is 6.54 Å². The van der Waals surface area contributed by atoms with Gasteiger partial charge in [-0.15, -0.1) is 0 Å². The zero-order valence-electron chi connectivity index (χ0n) is 9.56. The number of rotatable bonds is 2. The second kappa shape index (κ2) is 5.30. The lowest BCUT2D eigenvalue weighted by molar-refractivity contribution is 0.0258. The summed E-state index contributed by atoms with van der Waals surface area (Å²) in [4.78, 5) is 2.32.